The number of benzene rings is 3. The standard InChI is InChI=1S/C29H30FN3O/c30-26-13-11-25(12-14-26)29-31-28(34-32-29)21-22-15-18-33(19-16-22)20-17-27(23-7-3-1-4-8-23)24-9-5-2-6-10-24/h1-14,22,27H,15-21H2. The van der Waals surface area contributed by atoms with Crippen molar-refractivity contribution in [1.29, 1.82) is 0 Å². The van der Waals surface area contributed by atoms with Gasteiger partial charge in [0.05, 0.1) is 0 Å². The molecule has 0 amide bonds. The summed E-state index contributed by atoms with van der Waals surface area (Å²) < 4.78 is 18.6. The lowest BCUT2D eigenvalue weighted by Crippen LogP contribution is -2.35. The van der Waals surface area contributed by atoms with Crippen molar-refractivity contribution >= 4 is 0 Å². The molecular formula is C29H30FN3O. The van der Waals surface area contributed by atoms with E-state index in [-0.39, 0.29) is 5.82 Å². The van der Waals surface area contributed by atoms with Gasteiger partial charge in [-0.3, -0.25) is 0 Å². The van der Waals surface area contributed by atoms with Crippen molar-refractivity contribution in [2.75, 3.05) is 19.6 Å². The maximum Gasteiger partial charge on any atom is 0.227 e. The van der Waals surface area contributed by atoms with Crippen molar-refractivity contribution in [3.63, 3.8) is 0 Å². The van der Waals surface area contributed by atoms with Crippen LogP contribution < -0.4 is 0 Å². The fourth-order valence-electron chi connectivity index (χ4n) is 4.92. The van der Waals surface area contributed by atoms with E-state index in [9.17, 15) is 4.39 Å². The molecule has 2 heterocycles. The second kappa shape index (κ2) is 10.7. The lowest BCUT2D eigenvalue weighted by molar-refractivity contribution is 0.174. The summed E-state index contributed by atoms with van der Waals surface area (Å²) in [5.74, 6) is 1.91. The highest BCUT2D eigenvalue weighted by Gasteiger charge is 2.23. The van der Waals surface area contributed by atoms with Crippen LogP contribution in [0.5, 0.6) is 0 Å². The van der Waals surface area contributed by atoms with Gasteiger partial charge >= 0.3 is 0 Å². The van der Waals surface area contributed by atoms with Crippen LogP contribution in [-0.2, 0) is 6.42 Å². The summed E-state index contributed by atoms with van der Waals surface area (Å²) in [6.45, 7) is 3.29. The van der Waals surface area contributed by atoms with Crippen molar-refractivity contribution in [3.8, 4) is 11.4 Å². The molecular weight excluding hydrogens is 425 g/mol. The van der Waals surface area contributed by atoms with Crippen molar-refractivity contribution < 1.29 is 8.91 Å². The third kappa shape index (κ3) is 5.60. The molecule has 1 fully saturated rings. The fourth-order valence-corrected chi connectivity index (χ4v) is 4.92. The summed E-state index contributed by atoms with van der Waals surface area (Å²) in [6.07, 6.45) is 4.19. The first kappa shape index (κ1) is 22.5. The molecule has 3 aromatic carbocycles. The number of likely N-dealkylation sites (tertiary alicyclic amines) is 1. The minimum atomic E-state index is -0.266. The average Bonchev–Trinajstić information content (AvgIpc) is 3.35. The summed E-state index contributed by atoms with van der Waals surface area (Å²) >= 11 is 0. The fraction of sp³-hybridized carbons (Fsp3) is 0.310. The van der Waals surface area contributed by atoms with E-state index in [2.05, 4.69) is 75.7 Å². The molecule has 4 aromatic rings. The van der Waals surface area contributed by atoms with E-state index >= 15 is 0 Å². The summed E-state index contributed by atoms with van der Waals surface area (Å²) in [7, 11) is 0. The Labute approximate surface area is 200 Å². The van der Waals surface area contributed by atoms with Gasteiger partial charge in [0.25, 0.3) is 0 Å². The first-order valence-corrected chi connectivity index (χ1v) is 12.2. The van der Waals surface area contributed by atoms with E-state index in [1.54, 1.807) is 12.1 Å². The summed E-state index contributed by atoms with van der Waals surface area (Å²) in [6, 6.07) is 27.9. The third-order valence-corrected chi connectivity index (χ3v) is 6.88. The Balaban J connectivity index is 1.14. The molecule has 0 atom stereocenters. The van der Waals surface area contributed by atoms with Gasteiger partial charge < -0.3 is 9.42 Å². The Morgan fingerprint density at radius 1 is 0.853 bits per heavy atom. The van der Waals surface area contributed by atoms with E-state index in [1.807, 2.05) is 0 Å². The predicted molar refractivity (Wildman–Crippen MR) is 132 cm³/mol. The summed E-state index contributed by atoms with van der Waals surface area (Å²) in [4.78, 5) is 7.13. The van der Waals surface area contributed by atoms with Crippen LogP contribution in [0.2, 0.25) is 0 Å². The molecule has 0 saturated carbocycles. The Bertz CT molecular complexity index is 1110. The minimum Gasteiger partial charge on any atom is -0.339 e. The van der Waals surface area contributed by atoms with Crippen molar-refractivity contribution in [2.45, 2.75) is 31.6 Å². The highest BCUT2D eigenvalue weighted by Crippen LogP contribution is 2.29. The van der Waals surface area contributed by atoms with E-state index in [4.69, 9.17) is 4.52 Å². The van der Waals surface area contributed by atoms with Crippen molar-refractivity contribution in [2.24, 2.45) is 5.92 Å². The molecule has 0 bridgehead atoms. The first-order valence-electron chi connectivity index (χ1n) is 12.2. The zero-order chi connectivity index (χ0) is 23.2. The molecule has 5 rings (SSSR count). The number of hydrogen-bond donors (Lipinski definition) is 0. The smallest absolute Gasteiger partial charge is 0.227 e. The molecule has 1 aromatic heterocycles. The zero-order valence-corrected chi connectivity index (χ0v) is 19.3. The van der Waals surface area contributed by atoms with Gasteiger partial charge in [-0.25, -0.2) is 4.39 Å². The molecule has 0 N–H and O–H groups in total. The number of aromatic nitrogens is 2. The second-order valence-corrected chi connectivity index (χ2v) is 9.17. The van der Waals surface area contributed by atoms with Crippen molar-refractivity contribution in [1.82, 2.24) is 15.0 Å². The van der Waals surface area contributed by atoms with E-state index in [0.29, 0.717) is 23.6 Å². The maximum atomic E-state index is 13.2. The highest BCUT2D eigenvalue weighted by molar-refractivity contribution is 5.53. The van der Waals surface area contributed by atoms with Crippen LogP contribution in [0.1, 0.15) is 42.2 Å². The molecule has 4 nitrogen and oxygen atoms in total. The number of nitrogens with zero attached hydrogens (tertiary/aromatic N) is 3. The molecule has 0 aliphatic carbocycles. The second-order valence-electron chi connectivity index (χ2n) is 9.17. The normalized spacial score (nSPS) is 15.1. The van der Waals surface area contributed by atoms with Gasteiger partial charge in [-0.1, -0.05) is 65.8 Å². The van der Waals surface area contributed by atoms with E-state index < -0.39 is 0 Å². The molecule has 1 saturated heterocycles. The number of halogens is 1. The Morgan fingerprint density at radius 2 is 1.47 bits per heavy atom. The number of hydrogen-bond acceptors (Lipinski definition) is 4. The quantitative estimate of drug-likeness (QED) is 0.310. The van der Waals surface area contributed by atoms with Gasteiger partial charge in [0, 0.05) is 17.9 Å². The van der Waals surface area contributed by atoms with Gasteiger partial charge in [-0.2, -0.15) is 4.98 Å². The molecule has 0 unspecified atom stereocenters. The van der Waals surface area contributed by atoms with E-state index in [1.165, 1.54) is 23.3 Å². The van der Waals surface area contributed by atoms with Gasteiger partial charge in [0.1, 0.15) is 5.82 Å². The van der Waals surface area contributed by atoms with Crippen LogP contribution in [0.15, 0.2) is 89.5 Å². The highest BCUT2D eigenvalue weighted by atomic mass is 19.1. The minimum absolute atomic E-state index is 0.266. The molecule has 5 heteroatoms. The Morgan fingerprint density at radius 3 is 2.09 bits per heavy atom. The van der Waals surface area contributed by atoms with Gasteiger partial charge in [0.15, 0.2) is 0 Å². The van der Waals surface area contributed by atoms with Crippen LogP contribution in [-0.4, -0.2) is 34.7 Å². The first-order chi connectivity index (χ1) is 16.7. The van der Waals surface area contributed by atoms with Crippen LogP contribution in [0, 0.1) is 11.7 Å². The molecule has 174 valence electrons. The molecule has 34 heavy (non-hydrogen) atoms. The number of rotatable bonds is 8. The molecule has 0 spiro atoms. The van der Waals surface area contributed by atoms with Gasteiger partial charge in [0.2, 0.25) is 11.7 Å². The average molecular weight is 456 g/mol. The zero-order valence-electron chi connectivity index (χ0n) is 19.3. The van der Waals surface area contributed by atoms with Crippen LogP contribution >= 0.6 is 0 Å². The molecule has 1 aliphatic rings. The Hall–Kier alpha value is -3.31. The number of piperidine rings is 1. The monoisotopic (exact) mass is 455 g/mol. The SMILES string of the molecule is Fc1ccc(-c2noc(CC3CCN(CCC(c4ccccc4)c4ccccc4)CC3)n2)cc1. The molecule has 1 aliphatic heterocycles. The van der Waals surface area contributed by atoms with Crippen molar-refractivity contribution in [3.05, 3.63) is 108 Å². The lowest BCUT2D eigenvalue weighted by atomic mass is 9.87. The molecule has 0 radical (unpaired) electrons. The summed E-state index contributed by atoms with van der Waals surface area (Å²) in [5, 5.41) is 4.08. The van der Waals surface area contributed by atoms with Crippen LogP contribution in [0.25, 0.3) is 11.4 Å². The summed E-state index contributed by atoms with van der Waals surface area (Å²) in [5.41, 5.74) is 3.55. The van der Waals surface area contributed by atoms with Crippen LogP contribution in [0.4, 0.5) is 4.39 Å². The largest absolute Gasteiger partial charge is 0.339 e. The topological polar surface area (TPSA) is 42.2 Å². The maximum absolute atomic E-state index is 13.2. The van der Waals surface area contributed by atoms with Gasteiger partial charge in [-0.15, -0.1) is 0 Å². The van der Waals surface area contributed by atoms with Gasteiger partial charge in [-0.05, 0) is 80.2 Å². The lowest BCUT2D eigenvalue weighted by Gasteiger charge is -2.32. The van der Waals surface area contributed by atoms with Crippen LogP contribution in [0.3, 0.4) is 0 Å². The predicted octanol–water partition coefficient (Wildman–Crippen LogP) is 6.35. The van der Waals surface area contributed by atoms with E-state index in [0.717, 1.165) is 50.9 Å². The third-order valence-electron chi connectivity index (χ3n) is 6.88. The Kier molecular flexibility index (Phi) is 7.10.